The van der Waals surface area contributed by atoms with Gasteiger partial charge in [0.1, 0.15) is 29.0 Å². The maximum absolute atomic E-state index is 14.0. The summed E-state index contributed by atoms with van der Waals surface area (Å²) in [5.74, 6) is -3.24. The fourth-order valence-electron chi connectivity index (χ4n) is 8.51. The van der Waals surface area contributed by atoms with Gasteiger partial charge in [0.2, 0.25) is 5.78 Å². The van der Waals surface area contributed by atoms with Crippen molar-refractivity contribution in [3.05, 3.63) is 51.6 Å². The largest absolute Gasteiger partial charge is 0.507 e. The smallest absolute Gasteiger partial charge is 0.252 e. The second-order valence-electron chi connectivity index (χ2n) is 14.0. The highest BCUT2D eigenvalue weighted by atomic mass is 16.7. The first-order valence-electron chi connectivity index (χ1n) is 17.0. The average molecular weight is 696 g/mol. The third kappa shape index (κ3) is 4.98. The highest BCUT2D eigenvalue weighted by Crippen LogP contribution is 2.53. The zero-order valence-electron chi connectivity index (χ0n) is 27.9. The molecule has 2 aromatic carbocycles. The van der Waals surface area contributed by atoms with Crippen molar-refractivity contribution >= 4 is 17.5 Å². The standard InChI is InChI=1S/C35H41N3O12/c1-14-31-19(38-9-10-47-33(46-3)32(38)50-31)11-22(48-14)49-21-13-35(44,34(43)37-18-8-7-17(18)36)12-16-24(21)30(42)26-25(28(16)40)27(39)15-5-4-6-20(45-2)23(15)29(26)41/h4-6,14,17-19,21-22,31-33,40,42,44H,7-13,36H2,1-3H3,(H,37,43)/t14-,17-,18+,19-,21-,22-,31+,32+,33-,35-/m0/s1. The van der Waals surface area contributed by atoms with E-state index >= 15 is 0 Å². The molecule has 0 spiro atoms. The van der Waals surface area contributed by atoms with Crippen LogP contribution in [0.1, 0.15) is 81.7 Å². The SMILES string of the molecule is COc1cccc2c1C(=O)c1c(O)c3c(c(O)c1C2=O)C[C@@](O)(C(=O)N[C@@H]1CC[C@@H]1N)C[C@@H]3O[C@H]1C[C@H]2[C@H](O[C@@H]3[C@@H](OC)OCCN32)[C@H](C)O1. The molecule has 0 unspecified atom stereocenters. The number of phenolic OH excluding ortho intramolecular Hbond substituents is 2. The molecule has 0 aromatic heterocycles. The van der Waals surface area contributed by atoms with E-state index in [-0.39, 0.29) is 58.7 Å². The number of amides is 1. The Morgan fingerprint density at radius 1 is 1.08 bits per heavy atom. The van der Waals surface area contributed by atoms with Crippen molar-refractivity contribution in [2.45, 2.75) is 99.9 Å². The van der Waals surface area contributed by atoms with Gasteiger partial charge >= 0.3 is 0 Å². The van der Waals surface area contributed by atoms with Crippen LogP contribution in [-0.2, 0) is 34.9 Å². The van der Waals surface area contributed by atoms with Crippen LogP contribution in [0.5, 0.6) is 17.2 Å². The van der Waals surface area contributed by atoms with Crippen molar-refractivity contribution in [3.8, 4) is 17.2 Å². The molecule has 1 amide bonds. The quantitative estimate of drug-likeness (QED) is 0.226. The van der Waals surface area contributed by atoms with E-state index in [2.05, 4.69) is 10.2 Å². The Morgan fingerprint density at radius 2 is 1.86 bits per heavy atom. The van der Waals surface area contributed by atoms with Gasteiger partial charge in [-0.25, -0.2) is 0 Å². The van der Waals surface area contributed by atoms with Gasteiger partial charge in [0.05, 0.1) is 42.6 Å². The van der Waals surface area contributed by atoms with Crippen LogP contribution in [0.3, 0.4) is 0 Å². The van der Waals surface area contributed by atoms with Crippen LogP contribution in [0.2, 0.25) is 0 Å². The Bertz CT molecular complexity index is 1770. The highest BCUT2D eigenvalue weighted by molar-refractivity contribution is 6.31. The van der Waals surface area contributed by atoms with Gasteiger partial charge < -0.3 is 54.8 Å². The number of nitrogens with two attached hydrogens (primary N) is 1. The van der Waals surface area contributed by atoms with Crippen molar-refractivity contribution in [2.24, 2.45) is 5.73 Å². The van der Waals surface area contributed by atoms with Crippen LogP contribution >= 0.6 is 0 Å². The molecular weight excluding hydrogens is 654 g/mol. The van der Waals surface area contributed by atoms with Gasteiger partial charge in [-0.2, -0.15) is 0 Å². The van der Waals surface area contributed by atoms with Crippen LogP contribution in [0.4, 0.5) is 0 Å². The average Bonchev–Trinajstić information content (AvgIpc) is 3.49. The number of hydrogen-bond acceptors (Lipinski definition) is 14. The normalized spacial score (nSPS) is 36.0. The third-order valence-corrected chi connectivity index (χ3v) is 11.2. The van der Waals surface area contributed by atoms with Crippen molar-refractivity contribution in [1.82, 2.24) is 10.2 Å². The van der Waals surface area contributed by atoms with Crippen LogP contribution in [0.25, 0.3) is 0 Å². The van der Waals surface area contributed by atoms with Crippen LogP contribution in [0.15, 0.2) is 18.2 Å². The summed E-state index contributed by atoms with van der Waals surface area (Å²) >= 11 is 0. The number of benzene rings is 2. The Hall–Kier alpha value is -3.67. The molecule has 3 aliphatic carbocycles. The first-order valence-corrected chi connectivity index (χ1v) is 17.0. The molecule has 6 aliphatic rings. The Balaban J connectivity index is 1.19. The fourth-order valence-corrected chi connectivity index (χ4v) is 8.51. The summed E-state index contributed by atoms with van der Waals surface area (Å²) in [6.45, 7) is 2.87. The second kappa shape index (κ2) is 12.2. The van der Waals surface area contributed by atoms with Crippen LogP contribution in [-0.4, -0.2) is 120 Å². The number of ketones is 2. The number of methoxy groups -OCH3 is 2. The minimum Gasteiger partial charge on any atom is -0.507 e. The molecule has 50 heavy (non-hydrogen) atoms. The van der Waals surface area contributed by atoms with Crippen LogP contribution in [0, 0.1) is 0 Å². The number of nitrogens with one attached hydrogen (secondary N) is 1. The molecule has 6 N–H and O–H groups in total. The lowest BCUT2D eigenvalue weighted by molar-refractivity contribution is -0.256. The minimum absolute atomic E-state index is 0.0108. The summed E-state index contributed by atoms with van der Waals surface area (Å²) < 4.78 is 35.8. The molecule has 3 heterocycles. The van der Waals surface area contributed by atoms with E-state index in [0.717, 1.165) is 6.42 Å². The van der Waals surface area contributed by atoms with Crippen molar-refractivity contribution in [2.75, 3.05) is 27.4 Å². The molecule has 268 valence electrons. The first kappa shape index (κ1) is 33.5. The number of hydrogen-bond donors (Lipinski definition) is 5. The zero-order valence-corrected chi connectivity index (χ0v) is 27.9. The van der Waals surface area contributed by atoms with E-state index in [1.54, 1.807) is 13.2 Å². The van der Waals surface area contributed by atoms with E-state index in [4.69, 9.17) is 34.2 Å². The lowest BCUT2D eigenvalue weighted by Crippen LogP contribution is -2.61. The Kier molecular flexibility index (Phi) is 8.19. The van der Waals surface area contributed by atoms with Gasteiger partial charge in [0.25, 0.3) is 5.91 Å². The van der Waals surface area contributed by atoms with Gasteiger partial charge in [-0.3, -0.25) is 19.3 Å². The molecule has 4 fully saturated rings. The number of ether oxygens (including phenoxy) is 6. The van der Waals surface area contributed by atoms with Gasteiger partial charge in [0, 0.05) is 67.7 Å². The maximum atomic E-state index is 14.0. The van der Waals surface area contributed by atoms with E-state index in [1.165, 1.54) is 19.2 Å². The molecule has 15 nitrogen and oxygen atoms in total. The van der Waals surface area contributed by atoms with E-state index in [9.17, 15) is 29.7 Å². The summed E-state index contributed by atoms with van der Waals surface area (Å²) in [6, 6.07) is 3.73. The summed E-state index contributed by atoms with van der Waals surface area (Å²) in [5.41, 5.74) is 2.96. The first-order chi connectivity index (χ1) is 23.9. The van der Waals surface area contributed by atoms with E-state index < -0.39 is 83.1 Å². The second-order valence-corrected chi connectivity index (χ2v) is 14.0. The molecule has 3 aliphatic heterocycles. The molecule has 0 bridgehead atoms. The predicted molar refractivity (Wildman–Crippen MR) is 171 cm³/mol. The number of carbonyl (C=O) groups excluding carboxylic acids is 3. The lowest BCUT2D eigenvalue weighted by Gasteiger charge is -2.44. The Labute approximate surface area is 287 Å². The molecule has 0 radical (unpaired) electrons. The summed E-state index contributed by atoms with van der Waals surface area (Å²) in [7, 11) is 2.91. The minimum atomic E-state index is -2.14. The summed E-state index contributed by atoms with van der Waals surface area (Å²) in [6.07, 6.45) is -3.14. The van der Waals surface area contributed by atoms with Gasteiger partial charge in [-0.1, -0.05) is 12.1 Å². The van der Waals surface area contributed by atoms with Gasteiger partial charge in [-0.15, -0.1) is 0 Å². The molecule has 1 saturated carbocycles. The number of phenols is 2. The van der Waals surface area contributed by atoms with Crippen molar-refractivity contribution < 1.29 is 58.1 Å². The number of aliphatic hydroxyl groups is 1. The topological polar surface area (TPSA) is 209 Å². The lowest BCUT2D eigenvalue weighted by atomic mass is 9.72. The number of morpholine rings is 1. The van der Waals surface area contributed by atoms with E-state index in [0.29, 0.717) is 26.0 Å². The van der Waals surface area contributed by atoms with Crippen molar-refractivity contribution in [1.29, 1.82) is 0 Å². The Morgan fingerprint density at radius 3 is 2.56 bits per heavy atom. The molecule has 10 atom stereocenters. The molecule has 2 aromatic rings. The van der Waals surface area contributed by atoms with Crippen LogP contribution < -0.4 is 15.8 Å². The molecule has 3 saturated heterocycles. The summed E-state index contributed by atoms with van der Waals surface area (Å²) in [5, 5.41) is 38.6. The monoisotopic (exact) mass is 695 g/mol. The van der Waals surface area contributed by atoms with Gasteiger partial charge in [0.15, 0.2) is 24.6 Å². The van der Waals surface area contributed by atoms with Crippen molar-refractivity contribution in [3.63, 3.8) is 0 Å². The predicted octanol–water partition coefficient (Wildman–Crippen LogP) is 0.756. The molecule has 8 rings (SSSR count). The summed E-state index contributed by atoms with van der Waals surface area (Å²) in [4.78, 5) is 43.8. The number of aromatic hydroxyl groups is 2. The van der Waals surface area contributed by atoms with Gasteiger partial charge in [-0.05, 0) is 25.8 Å². The van der Waals surface area contributed by atoms with E-state index in [1.807, 2.05) is 6.92 Å². The number of rotatable bonds is 6. The number of fused-ring (bicyclic) bond motifs is 6. The number of carbonyl (C=O) groups is 3. The molecular formula is C35H41N3O12. The third-order valence-electron chi connectivity index (χ3n) is 11.2. The zero-order chi connectivity index (χ0) is 35.2. The maximum Gasteiger partial charge on any atom is 0.252 e. The molecule has 15 heteroatoms. The number of nitrogens with zero attached hydrogens (tertiary/aromatic N) is 1. The fraction of sp³-hybridized carbons (Fsp3) is 0.571. The highest BCUT2D eigenvalue weighted by Gasteiger charge is 2.55.